The number of aliphatic hydroxyl groups is 1. The minimum atomic E-state index is -0.295. The maximum absolute atomic E-state index is 9.14. The van der Waals surface area contributed by atoms with Crippen molar-refractivity contribution in [3.8, 4) is 0 Å². The quantitative estimate of drug-likeness (QED) is 0.538. The van der Waals surface area contributed by atoms with Crippen LogP contribution in [-0.2, 0) is 0 Å². The summed E-state index contributed by atoms with van der Waals surface area (Å²) in [7, 11) is 0. The van der Waals surface area contributed by atoms with Gasteiger partial charge in [0.25, 0.3) is 0 Å². The molecule has 0 amide bonds. The van der Waals surface area contributed by atoms with E-state index in [1.807, 2.05) is 19.9 Å². The summed E-state index contributed by atoms with van der Waals surface area (Å²) in [6, 6.07) is 0. The van der Waals surface area contributed by atoms with Gasteiger partial charge in [0, 0.05) is 0 Å². The topological polar surface area (TPSA) is 20.2 Å². The van der Waals surface area contributed by atoms with Crippen LogP contribution in [0.5, 0.6) is 0 Å². The Labute approximate surface area is 66.0 Å². The largest absolute Gasteiger partial charge is 0.508 e. The molecule has 0 saturated carbocycles. The van der Waals surface area contributed by atoms with Crippen LogP contribution in [0.4, 0.5) is 0 Å². The van der Waals surface area contributed by atoms with E-state index in [4.69, 9.17) is 16.7 Å². The van der Waals surface area contributed by atoms with Gasteiger partial charge in [0.2, 0.25) is 0 Å². The lowest BCUT2D eigenvalue weighted by atomic mass is 9.95. The van der Waals surface area contributed by atoms with E-state index in [-0.39, 0.29) is 4.87 Å². The third-order valence-electron chi connectivity index (χ3n) is 1.64. The monoisotopic (exact) mass is 158 g/mol. The Kier molecular flexibility index (Phi) is 1.78. The summed E-state index contributed by atoms with van der Waals surface area (Å²) in [5.41, 5.74) is 0.958. The average Bonchev–Trinajstić information content (AvgIpc) is 1.79. The average molecular weight is 159 g/mol. The zero-order valence-corrected chi connectivity index (χ0v) is 6.94. The van der Waals surface area contributed by atoms with Gasteiger partial charge in [0.05, 0.1) is 4.87 Å². The molecular weight excluding hydrogens is 148 g/mol. The highest BCUT2D eigenvalue weighted by Gasteiger charge is 2.21. The molecule has 1 rings (SSSR count). The first-order valence-corrected chi connectivity index (χ1v) is 3.66. The van der Waals surface area contributed by atoms with Crippen molar-refractivity contribution < 1.29 is 5.11 Å². The standard InChI is InChI=1S/C8H11ClO/c1-6-5-8(2,9)4-3-7(6)10/h3-4,10H,5H2,1-2H3. The molecule has 1 N–H and O–H groups in total. The number of aliphatic hydroxyl groups excluding tert-OH is 1. The highest BCUT2D eigenvalue weighted by molar-refractivity contribution is 6.25. The Bertz CT molecular complexity index is 201. The van der Waals surface area contributed by atoms with Gasteiger partial charge in [-0.3, -0.25) is 0 Å². The predicted octanol–water partition coefficient (Wildman–Crippen LogP) is 2.78. The van der Waals surface area contributed by atoms with E-state index in [1.165, 1.54) is 0 Å². The van der Waals surface area contributed by atoms with Crippen LogP contribution >= 0.6 is 11.6 Å². The van der Waals surface area contributed by atoms with E-state index < -0.39 is 0 Å². The maximum atomic E-state index is 9.14. The van der Waals surface area contributed by atoms with E-state index in [9.17, 15) is 0 Å². The molecule has 0 aromatic rings. The first-order chi connectivity index (χ1) is 4.51. The van der Waals surface area contributed by atoms with Gasteiger partial charge in [-0.05, 0) is 31.9 Å². The zero-order chi connectivity index (χ0) is 7.78. The molecule has 0 radical (unpaired) electrons. The molecule has 0 bridgehead atoms. The van der Waals surface area contributed by atoms with Gasteiger partial charge < -0.3 is 5.11 Å². The van der Waals surface area contributed by atoms with Crippen LogP contribution < -0.4 is 0 Å². The van der Waals surface area contributed by atoms with Crippen molar-refractivity contribution in [2.75, 3.05) is 0 Å². The molecule has 1 atom stereocenters. The third kappa shape index (κ3) is 1.54. The number of rotatable bonds is 0. The summed E-state index contributed by atoms with van der Waals surface area (Å²) in [4.78, 5) is -0.295. The normalized spacial score (nSPS) is 33.1. The molecule has 1 nitrogen and oxygen atoms in total. The molecule has 0 fully saturated rings. The Balaban J connectivity index is 2.85. The number of hydrogen-bond donors (Lipinski definition) is 1. The number of alkyl halides is 1. The van der Waals surface area contributed by atoms with Gasteiger partial charge >= 0.3 is 0 Å². The van der Waals surface area contributed by atoms with Crippen molar-refractivity contribution in [1.82, 2.24) is 0 Å². The summed E-state index contributed by atoms with van der Waals surface area (Å²) in [5, 5.41) is 9.14. The van der Waals surface area contributed by atoms with Crippen molar-refractivity contribution >= 4 is 11.6 Å². The van der Waals surface area contributed by atoms with Crippen molar-refractivity contribution in [2.45, 2.75) is 25.1 Å². The highest BCUT2D eigenvalue weighted by Crippen LogP contribution is 2.30. The lowest BCUT2D eigenvalue weighted by Crippen LogP contribution is -2.16. The first kappa shape index (κ1) is 7.67. The number of hydrogen-bond acceptors (Lipinski definition) is 1. The molecule has 0 saturated heterocycles. The second-order valence-corrected chi connectivity index (χ2v) is 3.82. The smallest absolute Gasteiger partial charge is 0.114 e. The van der Waals surface area contributed by atoms with Crippen LogP contribution in [0.25, 0.3) is 0 Å². The Morgan fingerprint density at radius 1 is 1.70 bits per heavy atom. The van der Waals surface area contributed by atoms with Crippen LogP contribution in [0.3, 0.4) is 0 Å². The summed E-state index contributed by atoms with van der Waals surface area (Å²) in [5.74, 6) is 0.359. The molecule has 0 aromatic carbocycles. The summed E-state index contributed by atoms with van der Waals surface area (Å²) >= 11 is 6.00. The van der Waals surface area contributed by atoms with E-state index in [2.05, 4.69) is 0 Å². The minimum absolute atomic E-state index is 0.295. The lowest BCUT2D eigenvalue weighted by Gasteiger charge is -2.21. The lowest BCUT2D eigenvalue weighted by molar-refractivity contribution is 0.415. The van der Waals surface area contributed by atoms with Gasteiger partial charge in [-0.15, -0.1) is 11.6 Å². The van der Waals surface area contributed by atoms with E-state index in [0.717, 1.165) is 12.0 Å². The Morgan fingerprint density at radius 2 is 2.30 bits per heavy atom. The highest BCUT2D eigenvalue weighted by atomic mass is 35.5. The molecule has 1 aliphatic rings. The first-order valence-electron chi connectivity index (χ1n) is 3.28. The van der Waals surface area contributed by atoms with Gasteiger partial charge in [0.15, 0.2) is 0 Å². The van der Waals surface area contributed by atoms with Crippen molar-refractivity contribution in [1.29, 1.82) is 0 Å². The Morgan fingerprint density at radius 3 is 2.70 bits per heavy atom. The SMILES string of the molecule is CC1=C(O)C=CC(C)(Cl)C1. The predicted molar refractivity (Wildman–Crippen MR) is 43.3 cm³/mol. The molecule has 0 aliphatic heterocycles. The molecule has 0 spiro atoms. The van der Waals surface area contributed by atoms with Crippen LogP contribution in [0.2, 0.25) is 0 Å². The van der Waals surface area contributed by atoms with Gasteiger partial charge in [-0.25, -0.2) is 0 Å². The minimum Gasteiger partial charge on any atom is -0.508 e. The second kappa shape index (κ2) is 2.31. The fraction of sp³-hybridized carbons (Fsp3) is 0.500. The van der Waals surface area contributed by atoms with Gasteiger partial charge in [-0.2, -0.15) is 0 Å². The van der Waals surface area contributed by atoms with Crippen molar-refractivity contribution in [3.63, 3.8) is 0 Å². The van der Waals surface area contributed by atoms with Crippen molar-refractivity contribution in [3.05, 3.63) is 23.5 Å². The molecule has 56 valence electrons. The van der Waals surface area contributed by atoms with E-state index in [0.29, 0.717) is 5.76 Å². The second-order valence-electron chi connectivity index (χ2n) is 2.95. The third-order valence-corrected chi connectivity index (χ3v) is 1.90. The summed E-state index contributed by atoms with van der Waals surface area (Å²) in [6.45, 7) is 3.82. The van der Waals surface area contributed by atoms with Crippen molar-refractivity contribution in [2.24, 2.45) is 0 Å². The van der Waals surface area contributed by atoms with E-state index >= 15 is 0 Å². The fourth-order valence-corrected chi connectivity index (χ4v) is 1.33. The molecule has 2 heteroatoms. The van der Waals surface area contributed by atoms with Crippen LogP contribution in [0.15, 0.2) is 23.5 Å². The summed E-state index contributed by atoms with van der Waals surface area (Å²) in [6.07, 6.45) is 4.21. The molecule has 1 aliphatic carbocycles. The summed E-state index contributed by atoms with van der Waals surface area (Å²) < 4.78 is 0. The molecule has 0 aromatic heterocycles. The number of halogens is 1. The van der Waals surface area contributed by atoms with Crippen LogP contribution in [-0.4, -0.2) is 9.98 Å². The van der Waals surface area contributed by atoms with E-state index in [1.54, 1.807) is 6.08 Å². The fourth-order valence-electron chi connectivity index (χ4n) is 1.06. The Hall–Kier alpha value is -0.430. The van der Waals surface area contributed by atoms with Gasteiger partial charge in [0.1, 0.15) is 5.76 Å². The van der Waals surface area contributed by atoms with Crippen LogP contribution in [0.1, 0.15) is 20.3 Å². The molecular formula is C8H11ClO. The molecule has 0 heterocycles. The molecule has 1 unspecified atom stereocenters. The van der Waals surface area contributed by atoms with Gasteiger partial charge in [-0.1, -0.05) is 6.08 Å². The molecule has 10 heavy (non-hydrogen) atoms. The van der Waals surface area contributed by atoms with Crippen LogP contribution in [0, 0.1) is 0 Å². The number of allylic oxidation sites excluding steroid dienone is 3. The zero-order valence-electron chi connectivity index (χ0n) is 6.19. The maximum Gasteiger partial charge on any atom is 0.114 e.